The van der Waals surface area contributed by atoms with Gasteiger partial charge >= 0.3 is 0 Å². The third-order valence-corrected chi connectivity index (χ3v) is 6.22. The SMILES string of the molecule is CCCc1nc(C)n(-c2ccc(OC(C)C)c(Cl)c2)c(=O)c1Cc1ccccc1-c1ccccc1. The second-order valence-electron chi connectivity index (χ2n) is 8.96. The fraction of sp³-hybridized carbons (Fsp3) is 0.267. The molecule has 0 fully saturated rings. The smallest absolute Gasteiger partial charge is 0.261 e. The Morgan fingerprint density at radius 1 is 1.00 bits per heavy atom. The zero-order chi connectivity index (χ0) is 24.9. The molecular weight excluding hydrogens is 456 g/mol. The van der Waals surface area contributed by atoms with Crippen LogP contribution in [0.2, 0.25) is 5.02 Å². The van der Waals surface area contributed by atoms with Crippen LogP contribution in [0.3, 0.4) is 0 Å². The molecule has 0 amide bonds. The Labute approximate surface area is 212 Å². The minimum absolute atomic E-state index is 0.00841. The van der Waals surface area contributed by atoms with Crippen LogP contribution < -0.4 is 10.3 Å². The molecule has 0 atom stereocenters. The molecule has 4 rings (SSSR count). The van der Waals surface area contributed by atoms with Gasteiger partial charge in [0.1, 0.15) is 11.6 Å². The average Bonchev–Trinajstić information content (AvgIpc) is 2.84. The maximum Gasteiger partial charge on any atom is 0.261 e. The van der Waals surface area contributed by atoms with Crippen LogP contribution in [0.5, 0.6) is 5.75 Å². The number of hydrogen-bond donors (Lipinski definition) is 0. The first-order chi connectivity index (χ1) is 16.9. The van der Waals surface area contributed by atoms with E-state index in [1.165, 1.54) is 0 Å². The Kier molecular flexibility index (Phi) is 7.72. The monoisotopic (exact) mass is 486 g/mol. The lowest BCUT2D eigenvalue weighted by Crippen LogP contribution is -2.28. The second kappa shape index (κ2) is 10.9. The highest BCUT2D eigenvalue weighted by Gasteiger charge is 2.18. The number of benzene rings is 3. The molecule has 0 bridgehead atoms. The second-order valence-corrected chi connectivity index (χ2v) is 9.36. The van der Waals surface area contributed by atoms with Crippen LogP contribution in [-0.4, -0.2) is 15.7 Å². The molecule has 5 heteroatoms. The lowest BCUT2D eigenvalue weighted by atomic mass is 9.94. The molecule has 0 saturated carbocycles. The summed E-state index contributed by atoms with van der Waals surface area (Å²) < 4.78 is 7.43. The predicted molar refractivity (Wildman–Crippen MR) is 144 cm³/mol. The van der Waals surface area contributed by atoms with E-state index in [1.807, 2.05) is 63.2 Å². The molecule has 0 unspecified atom stereocenters. The summed E-state index contributed by atoms with van der Waals surface area (Å²) in [7, 11) is 0. The van der Waals surface area contributed by atoms with E-state index < -0.39 is 0 Å². The van der Waals surface area contributed by atoms with E-state index in [1.54, 1.807) is 10.6 Å². The van der Waals surface area contributed by atoms with Crippen molar-refractivity contribution in [2.24, 2.45) is 0 Å². The summed E-state index contributed by atoms with van der Waals surface area (Å²) in [6.07, 6.45) is 2.18. The Hall–Kier alpha value is -3.37. The molecule has 0 N–H and O–H groups in total. The molecule has 35 heavy (non-hydrogen) atoms. The van der Waals surface area contributed by atoms with E-state index in [0.717, 1.165) is 40.8 Å². The van der Waals surface area contributed by atoms with Crippen molar-refractivity contribution >= 4 is 11.6 Å². The zero-order valence-electron chi connectivity index (χ0n) is 20.7. The topological polar surface area (TPSA) is 44.1 Å². The van der Waals surface area contributed by atoms with E-state index in [0.29, 0.717) is 28.7 Å². The van der Waals surface area contributed by atoms with Gasteiger partial charge in [-0.2, -0.15) is 0 Å². The van der Waals surface area contributed by atoms with Crippen molar-refractivity contribution in [2.75, 3.05) is 0 Å². The standard InChI is InChI=1S/C30H31ClN2O2/c1-5-11-28-26(18-23-14-9-10-15-25(23)22-12-7-6-8-13-22)30(34)33(21(4)32-28)24-16-17-29(27(31)19-24)35-20(2)3/h6-10,12-17,19-20H,5,11,18H2,1-4H3. The largest absolute Gasteiger partial charge is 0.489 e. The lowest BCUT2D eigenvalue weighted by Gasteiger charge is -2.18. The highest BCUT2D eigenvalue weighted by molar-refractivity contribution is 6.32. The molecule has 3 aromatic carbocycles. The van der Waals surface area contributed by atoms with Crippen LogP contribution in [0.1, 0.15) is 49.8 Å². The van der Waals surface area contributed by atoms with Gasteiger partial charge in [-0.3, -0.25) is 9.36 Å². The first kappa shape index (κ1) is 24.7. The molecule has 4 nitrogen and oxygen atoms in total. The molecule has 0 aliphatic heterocycles. The molecule has 1 aromatic heterocycles. The van der Waals surface area contributed by atoms with Crippen molar-refractivity contribution in [3.63, 3.8) is 0 Å². The third kappa shape index (κ3) is 5.49. The van der Waals surface area contributed by atoms with Gasteiger partial charge in [0.2, 0.25) is 0 Å². The van der Waals surface area contributed by atoms with Crippen molar-refractivity contribution in [3.05, 3.63) is 111 Å². The minimum Gasteiger partial charge on any atom is -0.489 e. The highest BCUT2D eigenvalue weighted by atomic mass is 35.5. The third-order valence-electron chi connectivity index (χ3n) is 5.92. The van der Waals surface area contributed by atoms with Crippen LogP contribution in [0.15, 0.2) is 77.6 Å². The number of aryl methyl sites for hydroxylation is 2. The van der Waals surface area contributed by atoms with Crippen LogP contribution in [0, 0.1) is 6.92 Å². The van der Waals surface area contributed by atoms with Gasteiger partial charge in [0.25, 0.3) is 5.56 Å². The molecule has 180 valence electrons. The maximum atomic E-state index is 14.0. The number of hydrogen-bond acceptors (Lipinski definition) is 3. The zero-order valence-corrected chi connectivity index (χ0v) is 21.5. The number of ether oxygens (including phenoxy) is 1. The van der Waals surface area contributed by atoms with E-state index in [2.05, 4.69) is 31.2 Å². The summed E-state index contributed by atoms with van der Waals surface area (Å²) in [5.74, 6) is 1.25. The summed E-state index contributed by atoms with van der Waals surface area (Å²) in [6.45, 7) is 7.88. The highest BCUT2D eigenvalue weighted by Crippen LogP contribution is 2.29. The lowest BCUT2D eigenvalue weighted by molar-refractivity contribution is 0.242. The minimum atomic E-state index is -0.0580. The number of aromatic nitrogens is 2. The van der Waals surface area contributed by atoms with E-state index in [9.17, 15) is 4.79 Å². The Morgan fingerprint density at radius 3 is 2.40 bits per heavy atom. The summed E-state index contributed by atoms with van der Waals surface area (Å²) in [5, 5.41) is 0.469. The Balaban J connectivity index is 1.83. The van der Waals surface area contributed by atoms with Crippen molar-refractivity contribution in [1.29, 1.82) is 0 Å². The van der Waals surface area contributed by atoms with Gasteiger partial charge in [0.15, 0.2) is 0 Å². The predicted octanol–water partition coefficient (Wildman–Crippen LogP) is 7.19. The van der Waals surface area contributed by atoms with Gasteiger partial charge in [-0.25, -0.2) is 4.98 Å². The normalized spacial score (nSPS) is 11.1. The van der Waals surface area contributed by atoms with Gasteiger partial charge in [-0.15, -0.1) is 0 Å². The molecule has 0 aliphatic rings. The fourth-order valence-electron chi connectivity index (χ4n) is 4.39. The van der Waals surface area contributed by atoms with Crippen molar-refractivity contribution < 1.29 is 4.74 Å². The Morgan fingerprint density at radius 2 is 1.71 bits per heavy atom. The van der Waals surface area contributed by atoms with Gasteiger partial charge in [0.05, 0.1) is 22.5 Å². The Bertz CT molecular complexity index is 1380. The first-order valence-corrected chi connectivity index (χ1v) is 12.5. The average molecular weight is 487 g/mol. The molecule has 0 saturated heterocycles. The van der Waals surface area contributed by atoms with Crippen LogP contribution >= 0.6 is 11.6 Å². The number of halogens is 1. The molecular formula is C30H31ClN2O2. The maximum absolute atomic E-state index is 14.0. The summed E-state index contributed by atoms with van der Waals surface area (Å²) >= 11 is 6.51. The molecule has 0 radical (unpaired) electrons. The van der Waals surface area contributed by atoms with Crippen LogP contribution in [0.4, 0.5) is 0 Å². The molecule has 0 aliphatic carbocycles. The van der Waals surface area contributed by atoms with Gasteiger partial charge in [-0.1, -0.05) is 79.5 Å². The fourth-order valence-corrected chi connectivity index (χ4v) is 4.61. The van der Waals surface area contributed by atoms with Crippen molar-refractivity contribution in [3.8, 4) is 22.6 Å². The number of nitrogens with zero attached hydrogens (tertiary/aromatic N) is 2. The molecule has 0 spiro atoms. The van der Waals surface area contributed by atoms with Gasteiger partial charge in [0, 0.05) is 12.0 Å². The van der Waals surface area contributed by atoms with Crippen LogP contribution in [-0.2, 0) is 12.8 Å². The summed E-state index contributed by atoms with van der Waals surface area (Å²) in [4.78, 5) is 18.8. The summed E-state index contributed by atoms with van der Waals surface area (Å²) in [5.41, 5.74) is 5.57. The molecule has 4 aromatic rings. The van der Waals surface area contributed by atoms with Gasteiger partial charge < -0.3 is 4.74 Å². The van der Waals surface area contributed by atoms with Gasteiger partial charge in [-0.05, 0) is 62.1 Å². The van der Waals surface area contributed by atoms with Crippen LogP contribution in [0.25, 0.3) is 16.8 Å². The van der Waals surface area contributed by atoms with Crippen molar-refractivity contribution in [1.82, 2.24) is 9.55 Å². The van der Waals surface area contributed by atoms with Crippen molar-refractivity contribution in [2.45, 2.75) is 53.1 Å². The number of rotatable bonds is 8. The van der Waals surface area contributed by atoms with E-state index >= 15 is 0 Å². The quantitative estimate of drug-likeness (QED) is 0.264. The first-order valence-electron chi connectivity index (χ1n) is 12.1. The summed E-state index contributed by atoms with van der Waals surface area (Å²) in [6, 6.07) is 24.0. The van der Waals surface area contributed by atoms with E-state index in [4.69, 9.17) is 21.3 Å². The molecule has 1 heterocycles. The van der Waals surface area contributed by atoms with E-state index in [-0.39, 0.29) is 11.7 Å².